The molecule has 1 heterocycles. The Morgan fingerprint density at radius 3 is 2.68 bits per heavy atom. The van der Waals surface area contributed by atoms with Gasteiger partial charge in [-0.3, -0.25) is 14.6 Å². The molecule has 1 aromatic rings. The number of hydrogen-bond acceptors (Lipinski definition) is 3. The number of aliphatic carboxylic acids is 1. The fourth-order valence-electron chi connectivity index (χ4n) is 3.57. The predicted octanol–water partition coefficient (Wildman–Crippen LogP) is 2.45. The minimum Gasteiger partial charge on any atom is -0.480 e. The fourth-order valence-corrected chi connectivity index (χ4v) is 3.57. The second-order valence-corrected chi connectivity index (χ2v) is 6.78. The Bertz CT molecular complexity index is 487. The molecule has 1 aromatic carbocycles. The van der Waals surface area contributed by atoms with Crippen molar-refractivity contribution >= 4 is 5.97 Å². The number of piperidine rings is 1. The van der Waals surface area contributed by atoms with E-state index in [2.05, 4.69) is 40.1 Å². The van der Waals surface area contributed by atoms with E-state index in [1.165, 1.54) is 24.8 Å². The third kappa shape index (κ3) is 4.55. The lowest BCUT2D eigenvalue weighted by atomic mass is 9.97. The first kappa shape index (κ1) is 15.5. The van der Waals surface area contributed by atoms with Gasteiger partial charge >= 0.3 is 5.97 Å². The van der Waals surface area contributed by atoms with Gasteiger partial charge in [-0.15, -0.1) is 0 Å². The zero-order valence-corrected chi connectivity index (χ0v) is 13.2. The quantitative estimate of drug-likeness (QED) is 0.840. The average molecular weight is 302 g/mol. The number of carboxylic acid groups (broad SMARTS) is 1. The van der Waals surface area contributed by atoms with Crippen LogP contribution in [0.2, 0.25) is 0 Å². The number of carbonyl (C=O) groups is 1. The van der Waals surface area contributed by atoms with Crippen molar-refractivity contribution < 1.29 is 9.90 Å². The highest BCUT2D eigenvalue weighted by Gasteiger charge is 2.32. The van der Waals surface area contributed by atoms with E-state index in [-0.39, 0.29) is 6.54 Å². The van der Waals surface area contributed by atoms with Crippen molar-refractivity contribution in [2.75, 3.05) is 26.2 Å². The largest absolute Gasteiger partial charge is 0.480 e. The number of likely N-dealkylation sites (tertiary alicyclic amines) is 1. The molecule has 0 bridgehead atoms. The summed E-state index contributed by atoms with van der Waals surface area (Å²) < 4.78 is 0. The van der Waals surface area contributed by atoms with E-state index in [0.717, 1.165) is 38.6 Å². The molecule has 1 saturated heterocycles. The summed E-state index contributed by atoms with van der Waals surface area (Å²) in [5.41, 5.74) is 1.38. The van der Waals surface area contributed by atoms with Gasteiger partial charge in [-0.05, 0) is 43.7 Å². The normalized spacial score (nSPS) is 22.9. The molecule has 4 heteroatoms. The molecule has 1 aliphatic carbocycles. The molecule has 1 N–H and O–H groups in total. The standard InChI is InChI=1S/C18H26N2O2/c21-18(22)14-19-10-4-7-16(11-19)13-20(17-8-9-17)12-15-5-2-1-3-6-15/h1-3,5-6,16-17H,4,7-14H2,(H,21,22)/t16-/m1/s1. The molecule has 3 rings (SSSR count). The Hall–Kier alpha value is -1.39. The van der Waals surface area contributed by atoms with Crippen molar-refractivity contribution in [1.82, 2.24) is 9.80 Å². The highest BCUT2D eigenvalue weighted by Crippen LogP contribution is 2.30. The molecule has 2 fully saturated rings. The summed E-state index contributed by atoms with van der Waals surface area (Å²) in [7, 11) is 0. The molecule has 0 radical (unpaired) electrons. The second-order valence-electron chi connectivity index (χ2n) is 6.78. The zero-order chi connectivity index (χ0) is 15.4. The third-order valence-corrected chi connectivity index (χ3v) is 4.75. The smallest absolute Gasteiger partial charge is 0.317 e. The fraction of sp³-hybridized carbons (Fsp3) is 0.611. The van der Waals surface area contributed by atoms with Crippen LogP contribution in [0.4, 0.5) is 0 Å². The molecule has 120 valence electrons. The molecule has 1 atom stereocenters. The van der Waals surface area contributed by atoms with Crippen molar-refractivity contribution in [3.8, 4) is 0 Å². The molecular formula is C18H26N2O2. The van der Waals surface area contributed by atoms with Crippen LogP contribution >= 0.6 is 0 Å². The monoisotopic (exact) mass is 302 g/mol. The van der Waals surface area contributed by atoms with Crippen LogP contribution in [0.1, 0.15) is 31.2 Å². The van der Waals surface area contributed by atoms with Crippen LogP contribution in [0.3, 0.4) is 0 Å². The number of hydrogen-bond donors (Lipinski definition) is 1. The van der Waals surface area contributed by atoms with Crippen LogP contribution < -0.4 is 0 Å². The van der Waals surface area contributed by atoms with Gasteiger partial charge in [-0.25, -0.2) is 0 Å². The lowest BCUT2D eigenvalue weighted by Gasteiger charge is -2.35. The van der Waals surface area contributed by atoms with Crippen LogP contribution in [-0.2, 0) is 11.3 Å². The van der Waals surface area contributed by atoms with Gasteiger partial charge in [-0.1, -0.05) is 30.3 Å². The maximum atomic E-state index is 10.9. The van der Waals surface area contributed by atoms with Crippen LogP contribution in [0.15, 0.2) is 30.3 Å². The van der Waals surface area contributed by atoms with Gasteiger partial charge in [0.2, 0.25) is 0 Å². The molecule has 1 saturated carbocycles. The molecule has 22 heavy (non-hydrogen) atoms. The van der Waals surface area contributed by atoms with Crippen molar-refractivity contribution in [1.29, 1.82) is 0 Å². The summed E-state index contributed by atoms with van der Waals surface area (Å²) in [6.07, 6.45) is 4.99. The number of rotatable bonds is 7. The Balaban J connectivity index is 1.55. The highest BCUT2D eigenvalue weighted by atomic mass is 16.4. The summed E-state index contributed by atoms with van der Waals surface area (Å²) in [6.45, 7) is 4.20. The number of benzene rings is 1. The van der Waals surface area contributed by atoms with E-state index in [0.29, 0.717) is 5.92 Å². The Kier molecular flexibility index (Phi) is 5.11. The van der Waals surface area contributed by atoms with Crippen LogP contribution in [0, 0.1) is 5.92 Å². The molecule has 2 aliphatic rings. The third-order valence-electron chi connectivity index (χ3n) is 4.75. The van der Waals surface area contributed by atoms with Crippen molar-refractivity contribution in [3.05, 3.63) is 35.9 Å². The molecule has 0 spiro atoms. The van der Waals surface area contributed by atoms with Gasteiger partial charge in [0.25, 0.3) is 0 Å². The van der Waals surface area contributed by atoms with Crippen molar-refractivity contribution in [3.63, 3.8) is 0 Å². The van der Waals surface area contributed by atoms with Crippen molar-refractivity contribution in [2.24, 2.45) is 5.92 Å². The van der Waals surface area contributed by atoms with Gasteiger partial charge < -0.3 is 5.11 Å². The first-order valence-electron chi connectivity index (χ1n) is 8.43. The lowest BCUT2D eigenvalue weighted by molar-refractivity contribution is -0.138. The minimum absolute atomic E-state index is 0.193. The highest BCUT2D eigenvalue weighted by molar-refractivity contribution is 5.69. The van der Waals surface area contributed by atoms with Gasteiger partial charge in [0.05, 0.1) is 6.54 Å². The van der Waals surface area contributed by atoms with Gasteiger partial charge in [0, 0.05) is 25.7 Å². The Labute approximate surface area is 132 Å². The van der Waals surface area contributed by atoms with E-state index < -0.39 is 5.97 Å². The zero-order valence-electron chi connectivity index (χ0n) is 13.2. The van der Waals surface area contributed by atoms with E-state index in [1.807, 2.05) is 0 Å². The maximum Gasteiger partial charge on any atom is 0.317 e. The van der Waals surface area contributed by atoms with E-state index in [9.17, 15) is 4.79 Å². The molecule has 0 unspecified atom stereocenters. The van der Waals surface area contributed by atoms with E-state index in [4.69, 9.17) is 5.11 Å². The predicted molar refractivity (Wildman–Crippen MR) is 86.7 cm³/mol. The number of carboxylic acids is 1. The number of nitrogens with zero attached hydrogens (tertiary/aromatic N) is 2. The SMILES string of the molecule is O=C(O)CN1CCC[C@@H](CN(Cc2ccccc2)C2CC2)C1. The first-order chi connectivity index (χ1) is 10.7. The van der Waals surface area contributed by atoms with Crippen LogP contribution in [-0.4, -0.2) is 53.1 Å². The summed E-state index contributed by atoms with van der Waals surface area (Å²) in [5.74, 6) is -0.0959. The van der Waals surface area contributed by atoms with E-state index >= 15 is 0 Å². The van der Waals surface area contributed by atoms with Gasteiger partial charge in [-0.2, -0.15) is 0 Å². The lowest BCUT2D eigenvalue weighted by Crippen LogP contribution is -2.43. The molecular weight excluding hydrogens is 276 g/mol. The molecule has 0 amide bonds. The van der Waals surface area contributed by atoms with Crippen LogP contribution in [0.5, 0.6) is 0 Å². The second kappa shape index (κ2) is 7.25. The summed E-state index contributed by atoms with van der Waals surface area (Å²) in [4.78, 5) is 15.6. The van der Waals surface area contributed by atoms with Crippen LogP contribution in [0.25, 0.3) is 0 Å². The van der Waals surface area contributed by atoms with Gasteiger partial charge in [0.15, 0.2) is 0 Å². The average Bonchev–Trinajstić information content (AvgIpc) is 3.32. The van der Waals surface area contributed by atoms with Gasteiger partial charge in [0.1, 0.15) is 0 Å². The molecule has 0 aromatic heterocycles. The summed E-state index contributed by atoms with van der Waals surface area (Å²) in [6, 6.07) is 11.4. The molecule has 1 aliphatic heterocycles. The minimum atomic E-state index is -0.705. The summed E-state index contributed by atoms with van der Waals surface area (Å²) >= 11 is 0. The van der Waals surface area contributed by atoms with Crippen molar-refractivity contribution in [2.45, 2.75) is 38.3 Å². The maximum absolute atomic E-state index is 10.9. The topological polar surface area (TPSA) is 43.8 Å². The molecule has 4 nitrogen and oxygen atoms in total. The summed E-state index contributed by atoms with van der Waals surface area (Å²) in [5, 5.41) is 8.97. The first-order valence-corrected chi connectivity index (χ1v) is 8.43. The Morgan fingerprint density at radius 2 is 2.00 bits per heavy atom. The Morgan fingerprint density at radius 1 is 1.23 bits per heavy atom. The van der Waals surface area contributed by atoms with E-state index in [1.54, 1.807) is 0 Å².